The quantitative estimate of drug-likeness (QED) is 0.596. The van der Waals surface area contributed by atoms with Crippen molar-refractivity contribution in [3.8, 4) is 11.5 Å². The Balaban J connectivity index is 1.36. The minimum atomic E-state index is -3.55. The van der Waals surface area contributed by atoms with Crippen molar-refractivity contribution < 1.29 is 22.7 Å². The summed E-state index contributed by atoms with van der Waals surface area (Å²) in [6.07, 6.45) is 0.183. The van der Waals surface area contributed by atoms with Gasteiger partial charge in [0.25, 0.3) is 5.91 Å². The molecular weight excluding hydrogens is 416 g/mol. The summed E-state index contributed by atoms with van der Waals surface area (Å²) in [4.78, 5) is 12.6. The fourth-order valence-electron chi connectivity index (χ4n) is 3.53. The smallest absolute Gasteiger partial charge is 0.263 e. The van der Waals surface area contributed by atoms with E-state index in [1.807, 2.05) is 55.5 Å². The maximum atomic E-state index is 12.6. The van der Waals surface area contributed by atoms with Gasteiger partial charge in [-0.25, -0.2) is 8.42 Å². The fraction of sp³-hybridized carbons (Fsp3) is 0.261. The van der Waals surface area contributed by atoms with Crippen molar-refractivity contribution in [1.29, 1.82) is 0 Å². The number of benzene rings is 3. The van der Waals surface area contributed by atoms with E-state index < -0.39 is 16.1 Å². The standard InChI is InChI=1S/C23H24N2O5S/c1-16-7-10-21-20(13-16)25(31(2,27)28)15-22(30-21)23(26)24-11-12-29-19-9-8-17-5-3-4-6-18(17)14-19/h3-10,13-14,22H,11-12,15H2,1-2H3,(H,24,26)/t22-/m0/s1. The van der Waals surface area contributed by atoms with Crippen LogP contribution in [0.15, 0.2) is 60.7 Å². The molecule has 1 amide bonds. The Morgan fingerprint density at radius 3 is 2.68 bits per heavy atom. The molecule has 0 saturated heterocycles. The molecule has 0 fully saturated rings. The van der Waals surface area contributed by atoms with Gasteiger partial charge in [0.2, 0.25) is 10.0 Å². The van der Waals surface area contributed by atoms with Gasteiger partial charge in [0, 0.05) is 0 Å². The molecule has 3 aromatic carbocycles. The number of nitrogens with one attached hydrogen (secondary N) is 1. The van der Waals surface area contributed by atoms with Crippen LogP contribution in [0.1, 0.15) is 5.56 Å². The van der Waals surface area contributed by atoms with Crippen LogP contribution in [0.3, 0.4) is 0 Å². The second kappa shape index (κ2) is 8.47. The van der Waals surface area contributed by atoms with E-state index in [1.165, 1.54) is 4.31 Å². The molecule has 1 aliphatic rings. The number of hydrogen-bond acceptors (Lipinski definition) is 5. The van der Waals surface area contributed by atoms with Crippen LogP contribution in [-0.2, 0) is 14.8 Å². The van der Waals surface area contributed by atoms with Crippen molar-refractivity contribution in [3.05, 3.63) is 66.2 Å². The van der Waals surface area contributed by atoms with Gasteiger partial charge in [0.1, 0.15) is 18.1 Å². The van der Waals surface area contributed by atoms with E-state index in [-0.39, 0.29) is 25.6 Å². The highest BCUT2D eigenvalue weighted by molar-refractivity contribution is 7.92. The lowest BCUT2D eigenvalue weighted by molar-refractivity contribution is -0.127. The predicted octanol–water partition coefficient (Wildman–Crippen LogP) is 2.87. The normalized spacial score (nSPS) is 15.8. The number of sulfonamides is 1. The zero-order chi connectivity index (χ0) is 22.0. The topological polar surface area (TPSA) is 84.9 Å². The second-order valence-corrected chi connectivity index (χ2v) is 9.43. The Morgan fingerprint density at radius 1 is 1.13 bits per heavy atom. The summed E-state index contributed by atoms with van der Waals surface area (Å²) in [6.45, 7) is 2.34. The van der Waals surface area contributed by atoms with Crippen molar-refractivity contribution >= 4 is 32.4 Å². The molecule has 0 saturated carbocycles. The molecule has 0 aliphatic carbocycles. The summed E-state index contributed by atoms with van der Waals surface area (Å²) in [7, 11) is -3.55. The van der Waals surface area contributed by atoms with Crippen LogP contribution in [0.25, 0.3) is 10.8 Å². The summed E-state index contributed by atoms with van der Waals surface area (Å²) in [5, 5.41) is 4.97. The number of hydrogen-bond donors (Lipinski definition) is 1. The highest BCUT2D eigenvalue weighted by atomic mass is 32.2. The third-order valence-corrected chi connectivity index (χ3v) is 6.21. The number of nitrogens with zero attached hydrogens (tertiary/aromatic N) is 1. The van der Waals surface area contributed by atoms with E-state index in [0.717, 1.165) is 28.3 Å². The molecule has 3 aromatic rings. The van der Waals surface area contributed by atoms with Gasteiger partial charge in [0.15, 0.2) is 6.10 Å². The Hall–Kier alpha value is -3.26. The van der Waals surface area contributed by atoms with Crippen LogP contribution in [0.5, 0.6) is 11.5 Å². The summed E-state index contributed by atoms with van der Waals surface area (Å²) in [6, 6.07) is 19.1. The maximum absolute atomic E-state index is 12.6. The first-order valence-electron chi connectivity index (χ1n) is 9.95. The maximum Gasteiger partial charge on any atom is 0.263 e. The highest BCUT2D eigenvalue weighted by Gasteiger charge is 2.34. The van der Waals surface area contributed by atoms with Gasteiger partial charge < -0.3 is 14.8 Å². The first-order valence-corrected chi connectivity index (χ1v) is 11.8. The van der Waals surface area contributed by atoms with Crippen molar-refractivity contribution in [3.63, 3.8) is 0 Å². The lowest BCUT2D eigenvalue weighted by Crippen LogP contribution is -2.51. The second-order valence-electron chi connectivity index (χ2n) is 7.52. The van der Waals surface area contributed by atoms with E-state index in [1.54, 1.807) is 12.1 Å². The SMILES string of the molecule is Cc1ccc2c(c1)N(S(C)(=O)=O)C[C@@H](C(=O)NCCOc1ccc3ccccc3c1)O2. The minimum absolute atomic E-state index is 0.0767. The molecule has 1 N–H and O–H groups in total. The van der Waals surface area contributed by atoms with Gasteiger partial charge in [-0.05, 0) is 47.5 Å². The van der Waals surface area contributed by atoms with Crippen LogP contribution >= 0.6 is 0 Å². The molecule has 1 heterocycles. The first-order chi connectivity index (χ1) is 14.8. The van der Waals surface area contributed by atoms with Gasteiger partial charge in [-0.15, -0.1) is 0 Å². The molecule has 0 unspecified atom stereocenters. The lowest BCUT2D eigenvalue weighted by Gasteiger charge is -2.34. The van der Waals surface area contributed by atoms with E-state index in [9.17, 15) is 13.2 Å². The fourth-order valence-corrected chi connectivity index (χ4v) is 4.43. The van der Waals surface area contributed by atoms with Crippen LogP contribution in [0.2, 0.25) is 0 Å². The minimum Gasteiger partial charge on any atom is -0.492 e. The zero-order valence-electron chi connectivity index (χ0n) is 17.4. The van der Waals surface area contributed by atoms with E-state index in [4.69, 9.17) is 9.47 Å². The predicted molar refractivity (Wildman–Crippen MR) is 120 cm³/mol. The largest absolute Gasteiger partial charge is 0.492 e. The van der Waals surface area contributed by atoms with Gasteiger partial charge >= 0.3 is 0 Å². The monoisotopic (exact) mass is 440 g/mol. The van der Waals surface area contributed by atoms with Crippen molar-refractivity contribution in [1.82, 2.24) is 5.32 Å². The summed E-state index contributed by atoms with van der Waals surface area (Å²) in [5.41, 5.74) is 1.36. The number of aryl methyl sites for hydroxylation is 1. The molecule has 1 aliphatic heterocycles. The third-order valence-electron chi connectivity index (χ3n) is 5.07. The van der Waals surface area contributed by atoms with E-state index in [2.05, 4.69) is 5.32 Å². The first kappa shape index (κ1) is 21.0. The van der Waals surface area contributed by atoms with Crippen LogP contribution < -0.4 is 19.1 Å². The Labute approximate surface area is 181 Å². The molecule has 7 nitrogen and oxygen atoms in total. The molecule has 31 heavy (non-hydrogen) atoms. The number of carbonyl (C=O) groups excluding carboxylic acids is 1. The molecule has 0 bridgehead atoms. The number of carbonyl (C=O) groups is 1. The van der Waals surface area contributed by atoms with Gasteiger partial charge in [-0.2, -0.15) is 0 Å². The Morgan fingerprint density at radius 2 is 1.90 bits per heavy atom. The molecule has 8 heteroatoms. The number of anilines is 1. The molecule has 4 rings (SSSR count). The molecule has 0 radical (unpaired) electrons. The van der Waals surface area contributed by atoms with Gasteiger partial charge in [-0.1, -0.05) is 36.4 Å². The average Bonchev–Trinajstić information content (AvgIpc) is 2.75. The van der Waals surface area contributed by atoms with Crippen molar-refractivity contribution in [2.75, 3.05) is 30.3 Å². The Kier molecular flexibility index (Phi) is 5.73. The molecule has 0 spiro atoms. The number of amides is 1. The lowest BCUT2D eigenvalue weighted by atomic mass is 10.1. The third kappa shape index (κ3) is 4.74. The zero-order valence-corrected chi connectivity index (χ0v) is 18.2. The highest BCUT2D eigenvalue weighted by Crippen LogP contribution is 2.35. The number of rotatable bonds is 6. The van der Waals surface area contributed by atoms with Gasteiger partial charge in [-0.3, -0.25) is 9.10 Å². The molecule has 162 valence electrons. The molecule has 1 atom stereocenters. The Bertz CT molecular complexity index is 1230. The van der Waals surface area contributed by atoms with Crippen LogP contribution in [-0.4, -0.2) is 46.4 Å². The van der Waals surface area contributed by atoms with Crippen LogP contribution in [0, 0.1) is 6.92 Å². The summed E-state index contributed by atoms with van der Waals surface area (Å²) < 4.78 is 37.2. The van der Waals surface area contributed by atoms with Gasteiger partial charge in [0.05, 0.1) is 25.0 Å². The van der Waals surface area contributed by atoms with Crippen molar-refractivity contribution in [2.45, 2.75) is 13.0 Å². The molecule has 0 aromatic heterocycles. The molecular formula is C23H24N2O5S. The number of fused-ring (bicyclic) bond motifs is 2. The van der Waals surface area contributed by atoms with E-state index in [0.29, 0.717) is 11.4 Å². The summed E-state index contributed by atoms with van der Waals surface area (Å²) >= 11 is 0. The van der Waals surface area contributed by atoms with E-state index >= 15 is 0 Å². The van der Waals surface area contributed by atoms with Crippen LogP contribution in [0.4, 0.5) is 5.69 Å². The summed E-state index contributed by atoms with van der Waals surface area (Å²) in [5.74, 6) is 0.700. The number of ether oxygens (including phenoxy) is 2. The van der Waals surface area contributed by atoms with Crippen molar-refractivity contribution in [2.24, 2.45) is 0 Å². The average molecular weight is 441 g/mol.